The minimum Gasteiger partial charge on any atom is -0.334 e. The maximum Gasteiger partial charge on any atom is 0.321 e. The summed E-state index contributed by atoms with van der Waals surface area (Å²) in [4.78, 5) is 20.0. The van der Waals surface area contributed by atoms with E-state index in [0.29, 0.717) is 17.4 Å². The number of piperazine rings is 1. The van der Waals surface area contributed by atoms with E-state index in [0.717, 1.165) is 25.2 Å². The van der Waals surface area contributed by atoms with Gasteiger partial charge in [0.2, 0.25) is 0 Å². The predicted molar refractivity (Wildman–Crippen MR) is 97.9 cm³/mol. The van der Waals surface area contributed by atoms with Crippen LogP contribution in [0.5, 0.6) is 0 Å². The second kappa shape index (κ2) is 8.28. The molecule has 1 aliphatic rings. The zero-order valence-electron chi connectivity index (χ0n) is 14.5. The Morgan fingerprint density at radius 3 is 2.96 bits per heavy atom. The number of aromatic nitrogens is 2. The fourth-order valence-electron chi connectivity index (χ4n) is 2.55. The molecule has 0 bridgehead atoms. The Labute approximate surface area is 153 Å². The summed E-state index contributed by atoms with van der Waals surface area (Å²) in [6.45, 7) is 2.71. The number of carbonyl (C=O) groups excluding carboxylic acids is 1. The van der Waals surface area contributed by atoms with Gasteiger partial charge in [0.1, 0.15) is 0 Å². The van der Waals surface area contributed by atoms with Crippen molar-refractivity contribution in [3.05, 3.63) is 30.1 Å². The molecule has 1 aromatic heterocycles. The Kier molecular flexibility index (Phi) is 6.35. The van der Waals surface area contributed by atoms with Gasteiger partial charge >= 0.3 is 6.03 Å². The SMILES string of the molecule is CN(C)C(=O)Nc1cccc(-c2nc(C3CNCCN3C)no2)c1.Cl. The molecule has 0 aliphatic carbocycles. The van der Waals surface area contributed by atoms with Crippen LogP contribution in [0.2, 0.25) is 0 Å². The fourth-order valence-corrected chi connectivity index (χ4v) is 2.55. The molecule has 1 aromatic carbocycles. The Bertz CT molecular complexity index is 720. The molecule has 2 amide bonds. The van der Waals surface area contributed by atoms with Gasteiger partial charge in [-0.3, -0.25) is 4.90 Å². The van der Waals surface area contributed by atoms with Crippen molar-refractivity contribution in [3.8, 4) is 11.5 Å². The van der Waals surface area contributed by atoms with E-state index >= 15 is 0 Å². The van der Waals surface area contributed by atoms with E-state index in [1.165, 1.54) is 4.90 Å². The van der Waals surface area contributed by atoms with Gasteiger partial charge in [0.05, 0.1) is 6.04 Å². The molecular formula is C16H23ClN6O2. The van der Waals surface area contributed by atoms with Gasteiger partial charge in [-0.15, -0.1) is 12.4 Å². The number of hydrogen-bond donors (Lipinski definition) is 2. The second-order valence-corrected chi connectivity index (χ2v) is 6.06. The van der Waals surface area contributed by atoms with Crippen molar-refractivity contribution in [2.75, 3.05) is 46.1 Å². The van der Waals surface area contributed by atoms with Gasteiger partial charge in [-0.05, 0) is 25.2 Å². The number of benzene rings is 1. The number of rotatable bonds is 3. The van der Waals surface area contributed by atoms with Crippen molar-refractivity contribution >= 4 is 24.1 Å². The van der Waals surface area contributed by atoms with Crippen molar-refractivity contribution < 1.29 is 9.32 Å². The Morgan fingerprint density at radius 1 is 1.44 bits per heavy atom. The van der Waals surface area contributed by atoms with Crippen LogP contribution in [0.3, 0.4) is 0 Å². The lowest BCUT2D eigenvalue weighted by atomic mass is 10.2. The third-order valence-corrected chi connectivity index (χ3v) is 4.02. The van der Waals surface area contributed by atoms with Crippen LogP contribution in [0.1, 0.15) is 11.9 Å². The number of urea groups is 1. The van der Waals surface area contributed by atoms with Crippen molar-refractivity contribution in [2.45, 2.75) is 6.04 Å². The average Bonchev–Trinajstić information content (AvgIpc) is 3.05. The lowest BCUT2D eigenvalue weighted by Gasteiger charge is -2.30. The first-order valence-electron chi connectivity index (χ1n) is 7.88. The molecule has 2 heterocycles. The molecule has 3 rings (SSSR count). The number of hydrogen-bond acceptors (Lipinski definition) is 6. The van der Waals surface area contributed by atoms with Crippen molar-refractivity contribution in [1.29, 1.82) is 0 Å². The third-order valence-electron chi connectivity index (χ3n) is 4.02. The van der Waals surface area contributed by atoms with Gasteiger partial charge in [-0.1, -0.05) is 11.2 Å². The molecule has 1 atom stereocenters. The molecule has 1 aliphatic heterocycles. The minimum atomic E-state index is -0.187. The highest BCUT2D eigenvalue weighted by molar-refractivity contribution is 5.89. The Hall–Kier alpha value is -2.16. The average molecular weight is 367 g/mol. The summed E-state index contributed by atoms with van der Waals surface area (Å²) < 4.78 is 5.42. The van der Waals surface area contributed by atoms with Crippen LogP contribution in [-0.2, 0) is 0 Å². The van der Waals surface area contributed by atoms with Gasteiger partial charge < -0.3 is 20.1 Å². The van der Waals surface area contributed by atoms with E-state index < -0.39 is 0 Å². The second-order valence-electron chi connectivity index (χ2n) is 6.06. The molecule has 1 unspecified atom stereocenters. The first-order chi connectivity index (χ1) is 11.5. The third kappa shape index (κ3) is 4.47. The molecule has 1 saturated heterocycles. The van der Waals surface area contributed by atoms with Crippen LogP contribution in [-0.4, -0.2) is 66.7 Å². The number of likely N-dealkylation sites (N-methyl/N-ethyl adjacent to an activating group) is 1. The number of carbonyl (C=O) groups is 1. The predicted octanol–water partition coefficient (Wildman–Crippen LogP) is 1.83. The zero-order chi connectivity index (χ0) is 17.1. The number of nitrogens with zero attached hydrogens (tertiary/aromatic N) is 4. The molecule has 0 saturated carbocycles. The molecule has 8 nitrogen and oxygen atoms in total. The van der Waals surface area contributed by atoms with E-state index in [2.05, 4.69) is 32.7 Å². The Morgan fingerprint density at radius 2 is 2.24 bits per heavy atom. The maximum absolute atomic E-state index is 11.8. The maximum atomic E-state index is 11.8. The quantitative estimate of drug-likeness (QED) is 0.861. The van der Waals surface area contributed by atoms with Crippen LogP contribution in [0.4, 0.5) is 10.5 Å². The normalized spacial score (nSPS) is 17.6. The smallest absolute Gasteiger partial charge is 0.321 e. The van der Waals surface area contributed by atoms with Crippen LogP contribution in [0, 0.1) is 0 Å². The van der Waals surface area contributed by atoms with Crippen molar-refractivity contribution in [1.82, 2.24) is 25.3 Å². The van der Waals surface area contributed by atoms with Gasteiger partial charge in [0, 0.05) is 45.0 Å². The number of amides is 2. The number of halogens is 1. The topological polar surface area (TPSA) is 86.5 Å². The lowest BCUT2D eigenvalue weighted by molar-refractivity contribution is 0.190. The van der Waals surface area contributed by atoms with E-state index in [-0.39, 0.29) is 24.5 Å². The molecule has 2 aromatic rings. The zero-order valence-corrected chi connectivity index (χ0v) is 15.3. The standard InChI is InChI=1S/C16H22N6O2.ClH/c1-21(2)16(23)18-12-6-4-5-11(9-12)15-19-14(20-24-15)13-10-17-7-8-22(13)3;/h4-6,9,13,17H,7-8,10H2,1-3H3,(H,18,23);1H. The molecule has 1 fully saturated rings. The highest BCUT2D eigenvalue weighted by atomic mass is 35.5. The molecule has 25 heavy (non-hydrogen) atoms. The van der Waals surface area contributed by atoms with Crippen LogP contribution < -0.4 is 10.6 Å². The van der Waals surface area contributed by atoms with E-state index in [9.17, 15) is 4.79 Å². The molecule has 0 spiro atoms. The summed E-state index contributed by atoms with van der Waals surface area (Å²) in [5.74, 6) is 1.12. The van der Waals surface area contributed by atoms with Gasteiger partial charge in [0.25, 0.3) is 5.89 Å². The monoisotopic (exact) mass is 366 g/mol. The summed E-state index contributed by atoms with van der Waals surface area (Å²) in [7, 11) is 5.44. The fraction of sp³-hybridized carbons (Fsp3) is 0.438. The van der Waals surface area contributed by atoms with Crippen LogP contribution in [0.15, 0.2) is 28.8 Å². The summed E-state index contributed by atoms with van der Waals surface area (Å²) >= 11 is 0. The van der Waals surface area contributed by atoms with E-state index in [4.69, 9.17) is 4.52 Å². The van der Waals surface area contributed by atoms with Gasteiger partial charge in [-0.25, -0.2) is 4.79 Å². The highest BCUT2D eigenvalue weighted by Crippen LogP contribution is 2.24. The van der Waals surface area contributed by atoms with Gasteiger partial charge in [-0.2, -0.15) is 4.98 Å². The van der Waals surface area contributed by atoms with Gasteiger partial charge in [0.15, 0.2) is 5.82 Å². The van der Waals surface area contributed by atoms with Crippen LogP contribution >= 0.6 is 12.4 Å². The summed E-state index contributed by atoms with van der Waals surface area (Å²) in [5, 5.41) is 10.3. The molecule has 9 heteroatoms. The van der Waals surface area contributed by atoms with E-state index in [1.807, 2.05) is 24.3 Å². The molecule has 0 radical (unpaired) electrons. The van der Waals surface area contributed by atoms with Crippen molar-refractivity contribution in [2.24, 2.45) is 0 Å². The summed E-state index contributed by atoms with van der Waals surface area (Å²) in [6, 6.07) is 7.29. The Balaban J connectivity index is 0.00000225. The molecule has 2 N–H and O–H groups in total. The number of anilines is 1. The minimum absolute atomic E-state index is 0. The first-order valence-corrected chi connectivity index (χ1v) is 7.88. The highest BCUT2D eigenvalue weighted by Gasteiger charge is 2.25. The summed E-state index contributed by atoms with van der Waals surface area (Å²) in [5.41, 5.74) is 1.46. The first kappa shape index (κ1) is 19.2. The van der Waals surface area contributed by atoms with E-state index in [1.54, 1.807) is 14.1 Å². The van der Waals surface area contributed by atoms with Crippen molar-refractivity contribution in [3.63, 3.8) is 0 Å². The molecular weight excluding hydrogens is 344 g/mol. The molecule has 136 valence electrons. The largest absolute Gasteiger partial charge is 0.334 e. The number of nitrogens with one attached hydrogen (secondary N) is 2. The van der Waals surface area contributed by atoms with Crippen LogP contribution in [0.25, 0.3) is 11.5 Å². The summed E-state index contributed by atoms with van der Waals surface area (Å²) in [6.07, 6.45) is 0. The lowest BCUT2D eigenvalue weighted by Crippen LogP contribution is -2.44.